The zero-order chi connectivity index (χ0) is 17.8. The van der Waals surface area contributed by atoms with E-state index < -0.39 is 0 Å². The molecule has 5 nitrogen and oxygen atoms in total. The third kappa shape index (κ3) is 4.76. The van der Waals surface area contributed by atoms with E-state index in [0.717, 1.165) is 31.6 Å². The number of unbranched alkanes of at least 4 members (excludes halogenated alkanes) is 1. The molecule has 0 saturated heterocycles. The van der Waals surface area contributed by atoms with Gasteiger partial charge in [0.25, 0.3) is 5.91 Å². The maximum absolute atomic E-state index is 12.7. The maximum atomic E-state index is 12.7. The van der Waals surface area contributed by atoms with E-state index in [1.54, 1.807) is 0 Å². The second kappa shape index (κ2) is 8.54. The molecule has 5 atom stereocenters. The standard InChI is InChI=1S/C20H33NO4/c1-13(2)16-11-18(25-19(12-16)24-8-4-3-7-22)20(23)21-17-10-14-5-6-15(17)9-14/h11,13-17,19,22H,3-10,12H2,1-2H3,(H,21,23). The zero-order valence-electron chi connectivity index (χ0n) is 15.6. The number of allylic oxidation sites excluding steroid dienone is 1. The summed E-state index contributed by atoms with van der Waals surface area (Å²) in [5.74, 6) is 2.55. The number of carbonyl (C=O) groups excluding carboxylic acids is 1. The second-order valence-electron chi connectivity index (χ2n) is 8.28. The van der Waals surface area contributed by atoms with Crippen molar-refractivity contribution < 1.29 is 19.4 Å². The fourth-order valence-corrected chi connectivity index (χ4v) is 4.50. The van der Waals surface area contributed by atoms with Gasteiger partial charge in [-0.05, 0) is 61.9 Å². The Morgan fingerprint density at radius 2 is 2.16 bits per heavy atom. The van der Waals surface area contributed by atoms with Crippen LogP contribution in [0.25, 0.3) is 0 Å². The van der Waals surface area contributed by atoms with Gasteiger partial charge >= 0.3 is 0 Å². The molecule has 0 aromatic rings. The molecule has 0 radical (unpaired) electrons. The van der Waals surface area contributed by atoms with Crippen LogP contribution in [0.15, 0.2) is 11.8 Å². The van der Waals surface area contributed by atoms with E-state index >= 15 is 0 Å². The molecule has 1 amide bonds. The predicted octanol–water partition coefficient (Wildman–Crippen LogP) is 2.98. The zero-order valence-corrected chi connectivity index (χ0v) is 15.6. The first-order chi connectivity index (χ1) is 12.1. The van der Waals surface area contributed by atoms with Crippen LogP contribution in [0.2, 0.25) is 0 Å². The van der Waals surface area contributed by atoms with Crippen LogP contribution in [0.5, 0.6) is 0 Å². The fraction of sp³-hybridized carbons (Fsp3) is 0.850. The van der Waals surface area contributed by atoms with Crippen LogP contribution in [0.4, 0.5) is 0 Å². The van der Waals surface area contributed by atoms with Crippen LogP contribution in [-0.2, 0) is 14.3 Å². The fourth-order valence-electron chi connectivity index (χ4n) is 4.50. The molecule has 2 aliphatic carbocycles. The summed E-state index contributed by atoms with van der Waals surface area (Å²) in [7, 11) is 0. The summed E-state index contributed by atoms with van der Waals surface area (Å²) < 4.78 is 11.7. The van der Waals surface area contributed by atoms with Gasteiger partial charge in [0, 0.05) is 19.1 Å². The van der Waals surface area contributed by atoms with Crippen molar-refractivity contribution >= 4 is 5.91 Å². The highest BCUT2D eigenvalue weighted by atomic mass is 16.7. The van der Waals surface area contributed by atoms with Gasteiger partial charge in [-0.2, -0.15) is 0 Å². The lowest BCUT2D eigenvalue weighted by Crippen LogP contribution is -2.41. The van der Waals surface area contributed by atoms with Gasteiger partial charge < -0.3 is 19.9 Å². The van der Waals surface area contributed by atoms with Crippen LogP contribution in [0, 0.1) is 23.7 Å². The molecule has 3 aliphatic rings. The minimum Gasteiger partial charge on any atom is -0.459 e. The number of aliphatic hydroxyl groups excluding tert-OH is 1. The summed E-state index contributed by atoms with van der Waals surface area (Å²) in [6, 6.07) is 0.319. The van der Waals surface area contributed by atoms with E-state index in [1.807, 2.05) is 6.08 Å². The summed E-state index contributed by atoms with van der Waals surface area (Å²) in [6.07, 6.45) is 8.91. The summed E-state index contributed by atoms with van der Waals surface area (Å²) in [5, 5.41) is 12.1. The molecule has 0 spiro atoms. The normalized spacial score (nSPS) is 34.1. The van der Waals surface area contributed by atoms with Crippen LogP contribution in [0.1, 0.15) is 58.8 Å². The van der Waals surface area contributed by atoms with Gasteiger partial charge in [-0.25, -0.2) is 0 Å². The Hall–Kier alpha value is -1.07. The Balaban J connectivity index is 1.56. The Kier molecular flexibility index (Phi) is 6.39. The number of hydrogen-bond acceptors (Lipinski definition) is 4. The lowest BCUT2D eigenvalue weighted by atomic mass is 9.90. The molecule has 5 heteroatoms. The molecule has 0 aromatic heterocycles. The van der Waals surface area contributed by atoms with Gasteiger partial charge in [-0.3, -0.25) is 4.79 Å². The van der Waals surface area contributed by atoms with Gasteiger partial charge in [-0.1, -0.05) is 20.3 Å². The van der Waals surface area contributed by atoms with Crippen LogP contribution < -0.4 is 5.32 Å². The molecule has 3 rings (SSSR count). The predicted molar refractivity (Wildman–Crippen MR) is 95.6 cm³/mol. The number of amides is 1. The molecule has 2 bridgehead atoms. The van der Waals surface area contributed by atoms with E-state index in [-0.39, 0.29) is 24.7 Å². The van der Waals surface area contributed by atoms with Crippen molar-refractivity contribution in [3.8, 4) is 0 Å². The molecule has 2 N–H and O–H groups in total. The van der Waals surface area contributed by atoms with Crippen LogP contribution in [0.3, 0.4) is 0 Å². The molecule has 1 aliphatic heterocycles. The topological polar surface area (TPSA) is 67.8 Å². The lowest BCUT2D eigenvalue weighted by molar-refractivity contribution is -0.151. The molecular weight excluding hydrogens is 318 g/mol. The largest absolute Gasteiger partial charge is 0.459 e. The summed E-state index contributed by atoms with van der Waals surface area (Å²) in [6.45, 7) is 5.07. The Morgan fingerprint density at radius 1 is 1.32 bits per heavy atom. The Bertz CT molecular complexity index is 490. The minimum absolute atomic E-state index is 0.0770. The van der Waals surface area contributed by atoms with E-state index in [0.29, 0.717) is 30.2 Å². The quantitative estimate of drug-likeness (QED) is 0.660. The first-order valence-corrected chi connectivity index (χ1v) is 9.98. The van der Waals surface area contributed by atoms with Crippen molar-refractivity contribution in [1.82, 2.24) is 5.32 Å². The number of rotatable bonds is 8. The number of aliphatic hydroxyl groups is 1. The molecule has 5 unspecified atom stereocenters. The van der Waals surface area contributed by atoms with E-state index in [1.165, 1.54) is 19.3 Å². The molecule has 1 heterocycles. The number of ether oxygens (including phenoxy) is 2. The monoisotopic (exact) mass is 351 g/mol. The molecule has 0 aromatic carbocycles. The number of carbonyl (C=O) groups is 1. The average molecular weight is 351 g/mol. The molecule has 2 saturated carbocycles. The summed E-state index contributed by atoms with van der Waals surface area (Å²) >= 11 is 0. The van der Waals surface area contributed by atoms with Gasteiger partial charge in [0.15, 0.2) is 5.76 Å². The van der Waals surface area contributed by atoms with Crippen molar-refractivity contribution in [2.75, 3.05) is 13.2 Å². The van der Waals surface area contributed by atoms with Crippen molar-refractivity contribution in [2.45, 2.75) is 71.1 Å². The number of hydrogen-bond donors (Lipinski definition) is 2. The highest BCUT2D eigenvalue weighted by Crippen LogP contribution is 2.44. The van der Waals surface area contributed by atoms with Crippen molar-refractivity contribution in [2.24, 2.45) is 23.7 Å². The lowest BCUT2D eigenvalue weighted by Gasteiger charge is -2.32. The maximum Gasteiger partial charge on any atom is 0.286 e. The first kappa shape index (κ1) is 18.7. The van der Waals surface area contributed by atoms with E-state index in [2.05, 4.69) is 19.2 Å². The molecular formula is C20H33NO4. The average Bonchev–Trinajstić information content (AvgIpc) is 3.21. The van der Waals surface area contributed by atoms with Gasteiger partial charge in [-0.15, -0.1) is 0 Å². The SMILES string of the molecule is CC(C)C1C=C(C(=O)NC2CC3CCC2C3)OC(OCCCCO)C1. The minimum atomic E-state index is -0.364. The smallest absolute Gasteiger partial charge is 0.286 e. The Labute approximate surface area is 151 Å². The van der Waals surface area contributed by atoms with Gasteiger partial charge in [0.05, 0.1) is 6.61 Å². The van der Waals surface area contributed by atoms with Crippen LogP contribution in [-0.4, -0.2) is 36.6 Å². The molecule has 25 heavy (non-hydrogen) atoms. The summed E-state index contributed by atoms with van der Waals surface area (Å²) in [5.41, 5.74) is 0. The van der Waals surface area contributed by atoms with Crippen LogP contribution >= 0.6 is 0 Å². The highest BCUT2D eigenvalue weighted by molar-refractivity contribution is 5.91. The second-order valence-corrected chi connectivity index (χ2v) is 8.28. The van der Waals surface area contributed by atoms with E-state index in [4.69, 9.17) is 14.6 Å². The van der Waals surface area contributed by atoms with Gasteiger partial charge in [0.1, 0.15) is 0 Å². The van der Waals surface area contributed by atoms with Crippen molar-refractivity contribution in [1.29, 1.82) is 0 Å². The molecule has 142 valence electrons. The van der Waals surface area contributed by atoms with Crippen molar-refractivity contribution in [3.63, 3.8) is 0 Å². The first-order valence-electron chi connectivity index (χ1n) is 9.98. The number of nitrogens with one attached hydrogen (secondary N) is 1. The van der Waals surface area contributed by atoms with Gasteiger partial charge in [0.2, 0.25) is 6.29 Å². The molecule has 2 fully saturated rings. The third-order valence-electron chi connectivity index (χ3n) is 6.08. The van der Waals surface area contributed by atoms with Crippen molar-refractivity contribution in [3.05, 3.63) is 11.8 Å². The summed E-state index contributed by atoms with van der Waals surface area (Å²) in [4.78, 5) is 12.7. The van der Waals surface area contributed by atoms with E-state index in [9.17, 15) is 4.79 Å². The third-order valence-corrected chi connectivity index (χ3v) is 6.08. The highest BCUT2D eigenvalue weighted by Gasteiger charge is 2.41. The Morgan fingerprint density at radius 3 is 2.80 bits per heavy atom. The number of fused-ring (bicyclic) bond motifs is 2.